The average Bonchev–Trinajstić information content (AvgIpc) is 2.00. The van der Waals surface area contributed by atoms with Crippen LogP contribution in [0.1, 0.15) is 0 Å². The van der Waals surface area contributed by atoms with E-state index in [9.17, 15) is 4.79 Å². The van der Waals surface area contributed by atoms with Crippen molar-refractivity contribution in [1.82, 2.24) is 0 Å². The minimum absolute atomic E-state index is 0.146. The monoisotopic (exact) mass is 252 g/mol. The van der Waals surface area contributed by atoms with Gasteiger partial charge in [-0.15, -0.1) is 0 Å². The van der Waals surface area contributed by atoms with Crippen molar-refractivity contribution >= 4 is 64.3 Å². The Morgan fingerprint density at radius 3 is 1.64 bits per heavy atom. The van der Waals surface area contributed by atoms with Gasteiger partial charge in [0.25, 0.3) is 0 Å². The van der Waals surface area contributed by atoms with Crippen molar-refractivity contribution in [2.45, 2.75) is 0 Å². The maximum absolute atomic E-state index is 10.0. The lowest BCUT2D eigenvalue weighted by Gasteiger charge is -1.95. The van der Waals surface area contributed by atoms with Gasteiger partial charge in [-0.05, 0) is 0 Å². The SMILES string of the molecule is O=CC(Cl)=C(Cl)C(Cl)=C(Cl)Cl. The molecule has 0 aliphatic carbocycles. The van der Waals surface area contributed by atoms with E-state index in [1.54, 1.807) is 0 Å². The fourth-order valence-corrected chi connectivity index (χ4v) is 0.909. The highest BCUT2D eigenvalue weighted by Crippen LogP contribution is 2.30. The van der Waals surface area contributed by atoms with Gasteiger partial charge in [0.05, 0.1) is 10.1 Å². The summed E-state index contributed by atoms with van der Waals surface area (Å²) in [5.74, 6) is 0. The summed E-state index contributed by atoms with van der Waals surface area (Å²) in [5.41, 5.74) is 0. The van der Waals surface area contributed by atoms with Crippen LogP contribution in [-0.4, -0.2) is 6.29 Å². The summed E-state index contributed by atoms with van der Waals surface area (Å²) in [7, 11) is 0. The van der Waals surface area contributed by atoms with Gasteiger partial charge in [0.1, 0.15) is 9.52 Å². The second-order valence-corrected chi connectivity index (χ2v) is 3.47. The summed E-state index contributed by atoms with van der Waals surface area (Å²) in [6.45, 7) is 0. The first-order valence-electron chi connectivity index (χ1n) is 2.22. The first kappa shape index (κ1) is 11.6. The van der Waals surface area contributed by atoms with Crippen LogP contribution in [0.2, 0.25) is 0 Å². The molecule has 0 saturated heterocycles. The molecule has 0 saturated carbocycles. The highest BCUT2D eigenvalue weighted by Gasteiger charge is 2.08. The molecule has 0 radical (unpaired) electrons. The summed E-state index contributed by atoms with van der Waals surface area (Å²) in [6, 6.07) is 0. The zero-order valence-corrected chi connectivity index (χ0v) is 8.66. The summed E-state index contributed by atoms with van der Waals surface area (Å²) in [6.07, 6.45) is 0.336. The first-order valence-corrected chi connectivity index (χ1v) is 4.11. The highest BCUT2D eigenvalue weighted by atomic mass is 35.5. The van der Waals surface area contributed by atoms with E-state index in [2.05, 4.69) is 0 Å². The van der Waals surface area contributed by atoms with Crippen molar-refractivity contribution in [3.8, 4) is 0 Å². The number of aldehydes is 1. The van der Waals surface area contributed by atoms with E-state index in [0.29, 0.717) is 6.29 Å². The van der Waals surface area contributed by atoms with Crippen LogP contribution in [0.3, 0.4) is 0 Å². The molecular weight excluding hydrogens is 253 g/mol. The molecular formula is C5HCl5O. The molecule has 0 aromatic rings. The van der Waals surface area contributed by atoms with Gasteiger partial charge in [-0.25, -0.2) is 0 Å². The number of allylic oxidation sites excluding steroid dienone is 3. The van der Waals surface area contributed by atoms with Crippen molar-refractivity contribution in [2.24, 2.45) is 0 Å². The molecule has 11 heavy (non-hydrogen) atoms. The van der Waals surface area contributed by atoms with Gasteiger partial charge in [-0.2, -0.15) is 0 Å². The average molecular weight is 254 g/mol. The van der Waals surface area contributed by atoms with Crippen molar-refractivity contribution in [3.63, 3.8) is 0 Å². The number of hydrogen-bond acceptors (Lipinski definition) is 1. The number of carbonyl (C=O) groups is 1. The largest absolute Gasteiger partial charge is 0.297 e. The maximum Gasteiger partial charge on any atom is 0.162 e. The van der Waals surface area contributed by atoms with E-state index >= 15 is 0 Å². The van der Waals surface area contributed by atoms with E-state index in [4.69, 9.17) is 58.0 Å². The van der Waals surface area contributed by atoms with E-state index in [1.807, 2.05) is 0 Å². The van der Waals surface area contributed by atoms with Crippen molar-refractivity contribution < 1.29 is 4.79 Å². The zero-order valence-electron chi connectivity index (χ0n) is 4.88. The van der Waals surface area contributed by atoms with Gasteiger partial charge in [-0.3, -0.25) is 4.79 Å². The lowest BCUT2D eigenvalue weighted by atomic mass is 10.5. The Kier molecular flexibility index (Phi) is 5.57. The predicted octanol–water partition coefficient (Wildman–Crippen LogP) is 3.76. The number of rotatable bonds is 2. The van der Waals surface area contributed by atoms with Gasteiger partial charge in [0, 0.05) is 0 Å². The molecule has 0 N–H and O–H groups in total. The van der Waals surface area contributed by atoms with Crippen LogP contribution in [0.15, 0.2) is 19.6 Å². The Bertz CT molecular complexity index is 225. The molecule has 0 heterocycles. The Balaban J connectivity index is 4.90. The second-order valence-electron chi connectivity index (χ2n) is 1.35. The number of halogens is 5. The van der Waals surface area contributed by atoms with E-state index in [0.717, 1.165) is 0 Å². The standard InChI is InChI=1S/C5HCl5O/c6-2(1-11)3(7)4(8)5(9)10/h1H. The van der Waals surface area contributed by atoms with Crippen molar-refractivity contribution in [1.29, 1.82) is 0 Å². The van der Waals surface area contributed by atoms with Crippen LogP contribution in [0.4, 0.5) is 0 Å². The second kappa shape index (κ2) is 5.28. The molecule has 0 fully saturated rings. The van der Waals surface area contributed by atoms with Crippen LogP contribution in [-0.2, 0) is 4.79 Å². The third-order valence-corrected chi connectivity index (χ3v) is 2.49. The minimum atomic E-state index is -0.240. The first-order chi connectivity index (χ1) is 5.00. The molecule has 0 rings (SSSR count). The molecule has 1 nitrogen and oxygen atoms in total. The van der Waals surface area contributed by atoms with Gasteiger partial charge in [0.15, 0.2) is 6.29 Å². The van der Waals surface area contributed by atoms with Crippen LogP contribution < -0.4 is 0 Å². The maximum atomic E-state index is 10.0. The molecule has 0 amide bonds. The Morgan fingerprint density at radius 2 is 1.36 bits per heavy atom. The molecule has 62 valence electrons. The normalized spacial score (nSPS) is 12.1. The van der Waals surface area contributed by atoms with Gasteiger partial charge < -0.3 is 0 Å². The number of hydrogen-bond donors (Lipinski definition) is 0. The topological polar surface area (TPSA) is 17.1 Å². The number of carbonyl (C=O) groups excluding carboxylic acids is 1. The molecule has 0 atom stereocenters. The summed E-state index contributed by atoms with van der Waals surface area (Å²) < 4.78 is -0.239. The van der Waals surface area contributed by atoms with Crippen LogP contribution in [0.5, 0.6) is 0 Å². The van der Waals surface area contributed by atoms with E-state index in [-0.39, 0.29) is 19.6 Å². The smallest absolute Gasteiger partial charge is 0.162 e. The molecule has 0 aromatic carbocycles. The van der Waals surface area contributed by atoms with Gasteiger partial charge in [-0.1, -0.05) is 58.0 Å². The fourth-order valence-electron chi connectivity index (χ4n) is 0.240. The highest BCUT2D eigenvalue weighted by molar-refractivity contribution is 6.62. The summed E-state index contributed by atoms with van der Waals surface area (Å²) in [4.78, 5) is 10.0. The summed E-state index contributed by atoms with van der Waals surface area (Å²) >= 11 is 26.6. The molecule has 0 unspecified atom stereocenters. The quantitative estimate of drug-likeness (QED) is 0.416. The molecule has 0 bridgehead atoms. The van der Waals surface area contributed by atoms with Crippen molar-refractivity contribution in [3.05, 3.63) is 19.6 Å². The molecule has 0 aliphatic rings. The van der Waals surface area contributed by atoms with Crippen LogP contribution in [0, 0.1) is 0 Å². The lowest BCUT2D eigenvalue weighted by Crippen LogP contribution is -1.80. The third kappa shape index (κ3) is 3.68. The zero-order chi connectivity index (χ0) is 9.02. The van der Waals surface area contributed by atoms with Gasteiger partial charge in [0.2, 0.25) is 0 Å². The van der Waals surface area contributed by atoms with Crippen LogP contribution in [0.25, 0.3) is 0 Å². The summed E-state index contributed by atoms with van der Waals surface area (Å²) in [5, 5.41) is -0.550. The fraction of sp³-hybridized carbons (Fsp3) is 0. The molecule has 0 aliphatic heterocycles. The Labute approximate surface area is 88.5 Å². The molecule has 0 aromatic heterocycles. The van der Waals surface area contributed by atoms with E-state index in [1.165, 1.54) is 0 Å². The Hall–Kier alpha value is 0.600. The molecule has 0 spiro atoms. The predicted molar refractivity (Wildman–Crippen MR) is 49.4 cm³/mol. The van der Waals surface area contributed by atoms with Gasteiger partial charge >= 0.3 is 0 Å². The molecule has 6 heteroatoms. The Morgan fingerprint density at radius 1 is 0.909 bits per heavy atom. The third-order valence-electron chi connectivity index (χ3n) is 0.672. The van der Waals surface area contributed by atoms with Crippen LogP contribution >= 0.6 is 58.0 Å². The lowest BCUT2D eigenvalue weighted by molar-refractivity contribution is -0.104. The van der Waals surface area contributed by atoms with Crippen molar-refractivity contribution in [2.75, 3.05) is 0 Å². The van der Waals surface area contributed by atoms with E-state index < -0.39 is 0 Å². The minimum Gasteiger partial charge on any atom is -0.297 e.